The summed E-state index contributed by atoms with van der Waals surface area (Å²) < 4.78 is 5.80. The fourth-order valence-corrected chi connectivity index (χ4v) is 2.86. The van der Waals surface area contributed by atoms with Gasteiger partial charge in [-0.15, -0.1) is 0 Å². The van der Waals surface area contributed by atoms with Crippen LogP contribution in [-0.2, 0) is 14.3 Å². The molecule has 90 valence electrons. The Hall–Kier alpha value is -0.900. The smallest absolute Gasteiger partial charge is 0.230 e. The summed E-state index contributed by atoms with van der Waals surface area (Å²) in [6.45, 7) is 4.04. The Labute approximate surface area is 95.7 Å². The van der Waals surface area contributed by atoms with Gasteiger partial charge in [0.25, 0.3) is 0 Å². The van der Waals surface area contributed by atoms with Crippen molar-refractivity contribution >= 4 is 11.8 Å². The fraction of sp³-hybridized carbons (Fsp3) is 0.833. The summed E-state index contributed by atoms with van der Waals surface area (Å²) in [6, 6.07) is 0. The first-order valence-corrected chi connectivity index (χ1v) is 6.11. The van der Waals surface area contributed by atoms with Crippen molar-refractivity contribution in [3.05, 3.63) is 0 Å². The van der Waals surface area contributed by atoms with Gasteiger partial charge in [0.1, 0.15) is 0 Å². The van der Waals surface area contributed by atoms with Crippen molar-refractivity contribution in [1.29, 1.82) is 0 Å². The number of piperidine rings is 1. The van der Waals surface area contributed by atoms with E-state index in [1.54, 1.807) is 0 Å². The maximum atomic E-state index is 11.7. The van der Waals surface area contributed by atoms with Crippen molar-refractivity contribution in [3.63, 3.8) is 0 Å². The Kier molecular flexibility index (Phi) is 3.28. The van der Waals surface area contributed by atoms with Crippen LogP contribution in [0.15, 0.2) is 0 Å². The second kappa shape index (κ2) is 4.53. The van der Waals surface area contributed by atoms with Gasteiger partial charge in [0, 0.05) is 18.3 Å². The predicted molar refractivity (Wildman–Crippen MR) is 58.6 cm³/mol. The lowest BCUT2D eigenvalue weighted by molar-refractivity contribution is -0.143. The van der Waals surface area contributed by atoms with Crippen LogP contribution in [0.2, 0.25) is 0 Å². The van der Waals surface area contributed by atoms with E-state index in [9.17, 15) is 9.59 Å². The van der Waals surface area contributed by atoms with Gasteiger partial charge in [0.05, 0.1) is 12.2 Å². The summed E-state index contributed by atoms with van der Waals surface area (Å²) in [6.07, 6.45) is 3.58. The van der Waals surface area contributed by atoms with Crippen LogP contribution in [0, 0.1) is 11.8 Å². The molecule has 2 fully saturated rings. The number of rotatable bonds is 2. The van der Waals surface area contributed by atoms with E-state index in [4.69, 9.17) is 4.74 Å². The van der Waals surface area contributed by atoms with Gasteiger partial charge >= 0.3 is 0 Å². The Bertz CT molecular complexity index is 303. The number of nitrogens with one attached hydrogen (secondary N) is 1. The van der Waals surface area contributed by atoms with Crippen molar-refractivity contribution in [3.8, 4) is 0 Å². The molecule has 16 heavy (non-hydrogen) atoms. The molecule has 4 atom stereocenters. The average molecular weight is 225 g/mol. The summed E-state index contributed by atoms with van der Waals surface area (Å²) in [5, 5.41) is 2.41. The predicted octanol–water partition coefficient (Wildman–Crippen LogP) is 1.24. The lowest BCUT2D eigenvalue weighted by atomic mass is 9.79. The van der Waals surface area contributed by atoms with Crippen LogP contribution >= 0.6 is 0 Å². The highest BCUT2D eigenvalue weighted by Crippen LogP contribution is 2.35. The number of carbonyl (C=O) groups is 2. The molecular formula is C12H19NO3. The molecule has 0 saturated carbocycles. The summed E-state index contributed by atoms with van der Waals surface area (Å²) in [5.41, 5.74) is 0. The Morgan fingerprint density at radius 3 is 2.69 bits per heavy atom. The van der Waals surface area contributed by atoms with E-state index in [1.165, 1.54) is 0 Å². The number of hydrogen-bond acceptors (Lipinski definition) is 3. The second-order valence-electron chi connectivity index (χ2n) is 4.86. The van der Waals surface area contributed by atoms with Gasteiger partial charge in [-0.1, -0.05) is 6.92 Å². The van der Waals surface area contributed by atoms with Crippen molar-refractivity contribution in [2.45, 2.75) is 51.7 Å². The highest BCUT2D eigenvalue weighted by molar-refractivity contribution is 5.99. The third-order valence-electron chi connectivity index (χ3n) is 3.72. The molecule has 4 nitrogen and oxygen atoms in total. The molecule has 4 unspecified atom stereocenters. The Balaban J connectivity index is 2.10. The van der Waals surface area contributed by atoms with Crippen LogP contribution in [0.5, 0.6) is 0 Å². The van der Waals surface area contributed by atoms with Crippen LogP contribution in [0.1, 0.15) is 39.5 Å². The Morgan fingerprint density at radius 2 is 2.12 bits per heavy atom. The molecule has 2 rings (SSSR count). The van der Waals surface area contributed by atoms with Crippen LogP contribution in [-0.4, -0.2) is 24.0 Å². The van der Waals surface area contributed by atoms with Gasteiger partial charge in [-0.25, -0.2) is 0 Å². The van der Waals surface area contributed by atoms with Crippen LogP contribution in [0.4, 0.5) is 0 Å². The molecule has 2 aliphatic heterocycles. The average Bonchev–Trinajstić information content (AvgIpc) is 2.63. The van der Waals surface area contributed by atoms with E-state index in [0.717, 1.165) is 19.3 Å². The number of ether oxygens (including phenoxy) is 1. The minimum absolute atomic E-state index is 0.0620. The zero-order chi connectivity index (χ0) is 11.7. The SMILES string of the molecule is CCC1C(=O)NC(=O)CC1C1CCC(C)O1. The molecule has 2 aliphatic rings. The minimum atomic E-state index is -0.150. The van der Waals surface area contributed by atoms with Gasteiger partial charge in [0.2, 0.25) is 11.8 Å². The van der Waals surface area contributed by atoms with E-state index in [-0.39, 0.29) is 35.9 Å². The first-order valence-electron chi connectivity index (χ1n) is 6.11. The van der Waals surface area contributed by atoms with Gasteiger partial charge < -0.3 is 4.74 Å². The topological polar surface area (TPSA) is 55.4 Å². The molecule has 0 aromatic rings. The monoisotopic (exact) mass is 225 g/mol. The second-order valence-corrected chi connectivity index (χ2v) is 4.86. The van der Waals surface area contributed by atoms with Gasteiger partial charge in [-0.2, -0.15) is 0 Å². The largest absolute Gasteiger partial charge is 0.375 e. The standard InChI is InChI=1S/C12H19NO3/c1-3-8-9(6-11(14)13-12(8)15)10-5-4-7(2)16-10/h7-10H,3-6H2,1-2H3,(H,13,14,15). The lowest BCUT2D eigenvalue weighted by Crippen LogP contribution is -2.49. The maximum absolute atomic E-state index is 11.7. The van der Waals surface area contributed by atoms with Crippen LogP contribution < -0.4 is 5.32 Å². The molecule has 0 spiro atoms. The van der Waals surface area contributed by atoms with E-state index >= 15 is 0 Å². The zero-order valence-electron chi connectivity index (χ0n) is 9.86. The first kappa shape index (κ1) is 11.6. The van der Waals surface area contributed by atoms with Crippen molar-refractivity contribution in [2.75, 3.05) is 0 Å². The molecule has 0 aromatic heterocycles. The Morgan fingerprint density at radius 1 is 1.38 bits per heavy atom. The van der Waals surface area contributed by atoms with Crippen LogP contribution in [0.3, 0.4) is 0 Å². The van der Waals surface area contributed by atoms with Crippen LogP contribution in [0.25, 0.3) is 0 Å². The summed E-state index contributed by atoms with van der Waals surface area (Å²) in [5.74, 6) is -0.251. The number of imide groups is 1. The van der Waals surface area contributed by atoms with E-state index in [0.29, 0.717) is 6.42 Å². The van der Waals surface area contributed by atoms with Crippen molar-refractivity contribution < 1.29 is 14.3 Å². The van der Waals surface area contributed by atoms with Gasteiger partial charge in [-0.3, -0.25) is 14.9 Å². The first-order chi connectivity index (χ1) is 7.61. The fourth-order valence-electron chi connectivity index (χ4n) is 2.86. The molecule has 2 amide bonds. The van der Waals surface area contributed by atoms with E-state index in [2.05, 4.69) is 5.32 Å². The normalized spacial score (nSPS) is 39.9. The molecule has 0 aliphatic carbocycles. The highest BCUT2D eigenvalue weighted by Gasteiger charge is 2.41. The number of amides is 2. The maximum Gasteiger partial charge on any atom is 0.230 e. The summed E-state index contributed by atoms with van der Waals surface area (Å²) in [7, 11) is 0. The molecule has 4 heteroatoms. The molecule has 1 N–H and O–H groups in total. The highest BCUT2D eigenvalue weighted by atomic mass is 16.5. The molecular weight excluding hydrogens is 206 g/mol. The number of hydrogen-bond donors (Lipinski definition) is 1. The molecule has 0 aromatic carbocycles. The quantitative estimate of drug-likeness (QED) is 0.719. The number of carbonyl (C=O) groups excluding carboxylic acids is 2. The van der Waals surface area contributed by atoms with E-state index in [1.807, 2.05) is 13.8 Å². The summed E-state index contributed by atoms with van der Waals surface area (Å²) >= 11 is 0. The van der Waals surface area contributed by atoms with E-state index < -0.39 is 0 Å². The molecule has 0 radical (unpaired) electrons. The molecule has 2 saturated heterocycles. The third-order valence-corrected chi connectivity index (χ3v) is 3.72. The lowest BCUT2D eigenvalue weighted by Gasteiger charge is -2.33. The van der Waals surface area contributed by atoms with Crippen molar-refractivity contribution in [2.24, 2.45) is 11.8 Å². The van der Waals surface area contributed by atoms with Crippen molar-refractivity contribution in [1.82, 2.24) is 5.32 Å². The summed E-state index contributed by atoms with van der Waals surface area (Å²) in [4.78, 5) is 23.1. The zero-order valence-corrected chi connectivity index (χ0v) is 9.86. The molecule has 0 bridgehead atoms. The molecule has 2 heterocycles. The van der Waals surface area contributed by atoms with Gasteiger partial charge in [0.15, 0.2) is 0 Å². The van der Waals surface area contributed by atoms with Gasteiger partial charge in [-0.05, 0) is 26.2 Å². The minimum Gasteiger partial charge on any atom is -0.375 e. The third kappa shape index (κ3) is 2.12.